The summed E-state index contributed by atoms with van der Waals surface area (Å²) in [6.07, 6.45) is 5.08. The number of sulfonamides is 1. The van der Waals surface area contributed by atoms with Crippen molar-refractivity contribution < 1.29 is 18.3 Å². The van der Waals surface area contributed by atoms with Crippen molar-refractivity contribution in [3.05, 3.63) is 68.8 Å². The van der Waals surface area contributed by atoms with Crippen molar-refractivity contribution in [1.29, 1.82) is 0 Å². The fourth-order valence-electron chi connectivity index (χ4n) is 4.40. The van der Waals surface area contributed by atoms with Gasteiger partial charge in [0.15, 0.2) is 4.80 Å². The van der Waals surface area contributed by atoms with Gasteiger partial charge in [0.25, 0.3) is 5.91 Å². The van der Waals surface area contributed by atoms with E-state index >= 15 is 0 Å². The van der Waals surface area contributed by atoms with Gasteiger partial charge >= 0.3 is 0 Å². The van der Waals surface area contributed by atoms with E-state index in [1.165, 1.54) is 23.5 Å². The summed E-state index contributed by atoms with van der Waals surface area (Å²) in [5.74, 6) is -0.366. The first kappa shape index (κ1) is 21.7. The Morgan fingerprint density at radius 3 is 2.45 bits per heavy atom. The minimum absolute atomic E-state index is 0.00153. The van der Waals surface area contributed by atoms with Crippen molar-refractivity contribution in [3.63, 3.8) is 0 Å². The average Bonchev–Trinajstić information content (AvgIpc) is 3.29. The molecule has 5 rings (SSSR count). The number of carbonyl (C=O) groups is 1. The maximum Gasteiger partial charge on any atom is 0.279 e. The van der Waals surface area contributed by atoms with E-state index in [1.54, 1.807) is 18.2 Å². The second kappa shape index (κ2) is 8.36. The molecule has 0 spiro atoms. The second-order valence-corrected chi connectivity index (χ2v) is 10.7. The van der Waals surface area contributed by atoms with Crippen molar-refractivity contribution in [2.45, 2.75) is 43.0 Å². The number of nitrogens with two attached hydrogens (primary N) is 1. The number of para-hydroxylation sites is 1. The molecule has 10 heteroatoms. The largest absolute Gasteiger partial charge is 0.493 e. The number of hydrogen-bond donors (Lipinski definition) is 2. The molecule has 8 nitrogen and oxygen atoms in total. The van der Waals surface area contributed by atoms with Crippen LogP contribution in [0.4, 0.5) is 5.69 Å². The van der Waals surface area contributed by atoms with Gasteiger partial charge in [-0.1, -0.05) is 48.8 Å². The lowest BCUT2D eigenvalue weighted by Crippen LogP contribution is -2.23. The zero-order chi connectivity index (χ0) is 23.2. The molecule has 0 saturated heterocycles. The summed E-state index contributed by atoms with van der Waals surface area (Å²) in [6.45, 7) is 0. The van der Waals surface area contributed by atoms with Crippen LogP contribution >= 0.6 is 11.3 Å². The molecule has 2 aliphatic rings. The van der Waals surface area contributed by atoms with Gasteiger partial charge in [-0.05, 0) is 43.2 Å². The highest BCUT2D eigenvalue weighted by Gasteiger charge is 2.28. The molecule has 2 heterocycles. The number of fused-ring (bicyclic) bond motifs is 1. The minimum atomic E-state index is -3.80. The Balaban J connectivity index is 1.71. The van der Waals surface area contributed by atoms with E-state index in [2.05, 4.69) is 4.99 Å². The molecule has 1 aliphatic heterocycles. The van der Waals surface area contributed by atoms with Crippen molar-refractivity contribution in [1.82, 2.24) is 4.57 Å². The number of benzene rings is 2. The lowest BCUT2D eigenvalue weighted by molar-refractivity contribution is -0.112. The third kappa shape index (κ3) is 4.05. The molecule has 1 aliphatic carbocycles. The van der Waals surface area contributed by atoms with Crippen LogP contribution in [0.1, 0.15) is 43.0 Å². The van der Waals surface area contributed by atoms with Crippen LogP contribution in [0.2, 0.25) is 0 Å². The Hall–Kier alpha value is -3.08. The topological polar surface area (TPSA) is 127 Å². The van der Waals surface area contributed by atoms with Crippen LogP contribution in [0, 0.1) is 0 Å². The first-order valence-corrected chi connectivity index (χ1v) is 13.0. The number of nitrogens with zero attached hydrogens (tertiary/aromatic N) is 3. The number of thiazole rings is 1. The highest BCUT2D eigenvalue weighted by atomic mass is 32.2. The van der Waals surface area contributed by atoms with Crippen LogP contribution in [0.25, 0.3) is 5.57 Å². The van der Waals surface area contributed by atoms with Crippen LogP contribution in [-0.4, -0.2) is 24.0 Å². The monoisotopic (exact) mass is 482 g/mol. The van der Waals surface area contributed by atoms with E-state index in [4.69, 9.17) is 10.1 Å². The summed E-state index contributed by atoms with van der Waals surface area (Å²) >= 11 is 1.23. The fourth-order valence-corrected chi connectivity index (χ4v) is 6.07. The number of carbonyl (C=O) groups excluding carboxylic acids is 1. The molecule has 1 saturated carbocycles. The lowest BCUT2D eigenvalue weighted by Gasteiger charge is -2.23. The Morgan fingerprint density at radius 1 is 1.06 bits per heavy atom. The van der Waals surface area contributed by atoms with Gasteiger partial charge in [0.2, 0.25) is 15.9 Å². The van der Waals surface area contributed by atoms with Crippen LogP contribution < -0.4 is 20.5 Å². The van der Waals surface area contributed by atoms with E-state index < -0.39 is 10.0 Å². The molecule has 0 atom stereocenters. The Morgan fingerprint density at radius 2 is 1.76 bits per heavy atom. The minimum Gasteiger partial charge on any atom is -0.493 e. The van der Waals surface area contributed by atoms with Crippen molar-refractivity contribution >= 4 is 38.5 Å². The van der Waals surface area contributed by atoms with Gasteiger partial charge in [-0.2, -0.15) is 0 Å². The molecule has 0 unspecified atom stereocenters. The predicted octanol–water partition coefficient (Wildman–Crippen LogP) is 2.00. The summed E-state index contributed by atoms with van der Waals surface area (Å²) < 4.78 is 24.9. The molecule has 170 valence electrons. The van der Waals surface area contributed by atoms with Crippen LogP contribution in [0.5, 0.6) is 5.88 Å². The quantitative estimate of drug-likeness (QED) is 0.590. The van der Waals surface area contributed by atoms with Gasteiger partial charge in [-0.15, -0.1) is 0 Å². The van der Waals surface area contributed by atoms with E-state index in [9.17, 15) is 18.3 Å². The zero-order valence-corrected chi connectivity index (χ0v) is 19.3. The van der Waals surface area contributed by atoms with E-state index in [0.29, 0.717) is 31.5 Å². The maximum absolute atomic E-state index is 12.8. The number of aromatic hydroxyl groups is 1. The summed E-state index contributed by atoms with van der Waals surface area (Å²) in [7, 11) is -3.80. The summed E-state index contributed by atoms with van der Waals surface area (Å²) in [5.41, 5.74) is 0.899. The smallest absolute Gasteiger partial charge is 0.279 e. The van der Waals surface area contributed by atoms with E-state index in [-0.39, 0.29) is 22.7 Å². The number of primary sulfonamides is 1. The standard InChI is InChI=1S/C23H22N4O4S2/c24-33(30,31)16-12-10-14(11-13-16)25-23-27(15-6-2-1-3-7-15)22(29)20(32-23)19-17-8-4-5-9-18(17)26-21(19)28/h4-5,8-13,15,29H,1-3,6-7H2,(H2,24,30,31). The first-order chi connectivity index (χ1) is 15.8. The van der Waals surface area contributed by atoms with Gasteiger partial charge in [-0.3, -0.25) is 9.36 Å². The lowest BCUT2D eigenvalue weighted by atomic mass is 9.95. The van der Waals surface area contributed by atoms with Crippen LogP contribution in [-0.2, 0) is 14.8 Å². The normalized spacial score (nSPS) is 17.3. The first-order valence-electron chi connectivity index (χ1n) is 10.7. The molecule has 1 amide bonds. The van der Waals surface area contributed by atoms with Gasteiger partial charge in [-0.25, -0.2) is 23.5 Å². The molecule has 2 aromatic carbocycles. The maximum atomic E-state index is 12.8. The molecule has 1 fully saturated rings. The summed E-state index contributed by atoms with van der Waals surface area (Å²) in [5, 5.41) is 17.8. The highest BCUT2D eigenvalue weighted by molar-refractivity contribution is 7.89. The molecule has 33 heavy (non-hydrogen) atoms. The van der Waals surface area contributed by atoms with Crippen molar-refractivity contribution in [3.8, 4) is 5.88 Å². The van der Waals surface area contributed by atoms with Crippen LogP contribution in [0.15, 0.2) is 63.4 Å². The van der Waals surface area contributed by atoms with Gasteiger partial charge in [0.1, 0.15) is 4.88 Å². The van der Waals surface area contributed by atoms with Crippen molar-refractivity contribution in [2.24, 2.45) is 15.1 Å². The fraction of sp³-hybridized carbons (Fsp3) is 0.261. The van der Waals surface area contributed by atoms with E-state index in [0.717, 1.165) is 32.1 Å². The molecule has 3 aromatic rings. The number of rotatable bonds is 4. The molecule has 3 N–H and O–H groups in total. The van der Waals surface area contributed by atoms with Gasteiger partial charge in [0, 0.05) is 11.3 Å². The van der Waals surface area contributed by atoms with E-state index in [1.807, 2.05) is 22.8 Å². The van der Waals surface area contributed by atoms with Crippen LogP contribution in [0.3, 0.4) is 0 Å². The third-order valence-electron chi connectivity index (χ3n) is 6.00. The Labute approximate surface area is 194 Å². The van der Waals surface area contributed by atoms with Crippen molar-refractivity contribution in [2.75, 3.05) is 0 Å². The number of aromatic nitrogens is 1. The summed E-state index contributed by atoms with van der Waals surface area (Å²) in [6, 6.07) is 13.3. The second-order valence-electron chi connectivity index (χ2n) is 8.16. The van der Waals surface area contributed by atoms with Gasteiger partial charge < -0.3 is 5.11 Å². The third-order valence-corrected chi connectivity index (χ3v) is 7.99. The highest BCUT2D eigenvalue weighted by Crippen LogP contribution is 2.36. The number of amides is 1. The predicted molar refractivity (Wildman–Crippen MR) is 124 cm³/mol. The molecule has 0 bridgehead atoms. The zero-order valence-electron chi connectivity index (χ0n) is 17.6. The van der Waals surface area contributed by atoms with Gasteiger partial charge in [0.05, 0.1) is 21.5 Å². The molecule has 1 aromatic heterocycles. The molecular weight excluding hydrogens is 460 g/mol. The molecule has 0 radical (unpaired) electrons. The SMILES string of the molecule is NS(=O)(=O)c1ccc(N=c2sc(C3=c4ccccc4=NC3=O)c(O)n2C2CCCCC2)cc1. The number of hydrogen-bond acceptors (Lipinski definition) is 6. The Bertz CT molecular complexity index is 1540. The summed E-state index contributed by atoms with van der Waals surface area (Å²) in [4.78, 5) is 22.6. The molecular formula is C23H22N4O4S2. The Kier molecular flexibility index (Phi) is 5.51. The average molecular weight is 483 g/mol.